The zero-order valence-corrected chi connectivity index (χ0v) is 14.4. The summed E-state index contributed by atoms with van der Waals surface area (Å²) in [7, 11) is 1.36. The van der Waals surface area contributed by atoms with Crippen molar-refractivity contribution in [2.45, 2.75) is 12.7 Å². The molecule has 1 aromatic heterocycles. The molecule has 0 aliphatic rings. The summed E-state index contributed by atoms with van der Waals surface area (Å²) in [5.74, 6) is 0. The van der Waals surface area contributed by atoms with Gasteiger partial charge >= 0.3 is 0 Å². The van der Waals surface area contributed by atoms with Crippen molar-refractivity contribution in [1.29, 1.82) is 0 Å². The van der Waals surface area contributed by atoms with Gasteiger partial charge in [0.05, 0.1) is 28.4 Å². The lowest BCUT2D eigenvalue weighted by Crippen LogP contribution is -2.14. The van der Waals surface area contributed by atoms with Crippen molar-refractivity contribution in [3.63, 3.8) is 0 Å². The number of benzene rings is 2. The number of halogens is 2. The Labute approximate surface area is 149 Å². The van der Waals surface area contributed by atoms with E-state index >= 15 is 0 Å². The number of fused-ring (bicyclic) bond motifs is 1. The van der Waals surface area contributed by atoms with Gasteiger partial charge in [0.2, 0.25) is 0 Å². The van der Waals surface area contributed by atoms with Gasteiger partial charge in [-0.05, 0) is 35.9 Å². The summed E-state index contributed by atoms with van der Waals surface area (Å²) >= 11 is 12.5. The summed E-state index contributed by atoms with van der Waals surface area (Å²) < 4.78 is 0. The average Bonchev–Trinajstić information content (AvgIpc) is 2.55. The van der Waals surface area contributed by atoms with Crippen LogP contribution in [0.25, 0.3) is 22.2 Å². The molecule has 2 aromatic carbocycles. The molecule has 0 bridgehead atoms. The molecule has 1 atom stereocenters. The fourth-order valence-electron chi connectivity index (χ4n) is 2.53. The Morgan fingerprint density at radius 1 is 1.08 bits per heavy atom. The standard InChI is InChI=1S/C18H15Cl2NO3/c1-23-24-17(22)10-11-5-7-15-12(9-11)6-8-16(21-15)18-13(19)3-2-4-14(18)20/h2-9,17,22H,10H2,1H3. The SMILES string of the molecule is COOC(O)Cc1ccc2nc(-c3c(Cl)cccc3Cl)ccc2c1. The van der Waals surface area contributed by atoms with Gasteiger partial charge in [-0.3, -0.25) is 0 Å². The highest BCUT2D eigenvalue weighted by Gasteiger charge is 2.11. The largest absolute Gasteiger partial charge is 0.365 e. The predicted molar refractivity (Wildman–Crippen MR) is 95.0 cm³/mol. The van der Waals surface area contributed by atoms with E-state index in [2.05, 4.69) is 14.8 Å². The molecule has 0 aliphatic heterocycles. The molecule has 1 N–H and O–H groups in total. The van der Waals surface area contributed by atoms with Crippen LogP contribution in [0, 0.1) is 0 Å². The van der Waals surface area contributed by atoms with Crippen LogP contribution >= 0.6 is 23.2 Å². The normalized spacial score (nSPS) is 12.5. The van der Waals surface area contributed by atoms with E-state index in [9.17, 15) is 5.11 Å². The molecule has 4 nitrogen and oxygen atoms in total. The third kappa shape index (κ3) is 3.69. The zero-order chi connectivity index (χ0) is 17.1. The second-order valence-electron chi connectivity index (χ2n) is 5.24. The predicted octanol–water partition coefficient (Wildman–Crippen LogP) is 4.65. The van der Waals surface area contributed by atoms with Gasteiger partial charge in [0.15, 0.2) is 6.29 Å². The molecule has 3 aromatic rings. The molecule has 1 heterocycles. The number of rotatable bonds is 5. The van der Waals surface area contributed by atoms with Crippen molar-refractivity contribution < 1.29 is 14.9 Å². The number of hydrogen-bond acceptors (Lipinski definition) is 4. The molecule has 0 saturated carbocycles. The highest BCUT2D eigenvalue weighted by atomic mass is 35.5. The van der Waals surface area contributed by atoms with Crippen LogP contribution in [0.1, 0.15) is 5.56 Å². The maximum atomic E-state index is 9.64. The Morgan fingerprint density at radius 3 is 2.54 bits per heavy atom. The molecule has 0 amide bonds. The fraction of sp³-hybridized carbons (Fsp3) is 0.167. The van der Waals surface area contributed by atoms with E-state index in [1.165, 1.54) is 7.11 Å². The molecule has 124 valence electrons. The number of nitrogens with zero attached hydrogens (tertiary/aromatic N) is 1. The van der Waals surface area contributed by atoms with Crippen molar-refractivity contribution >= 4 is 34.1 Å². The maximum Gasteiger partial charge on any atom is 0.192 e. The van der Waals surface area contributed by atoms with Gasteiger partial charge in [-0.2, -0.15) is 0 Å². The van der Waals surface area contributed by atoms with Crippen molar-refractivity contribution in [2.24, 2.45) is 0 Å². The van der Waals surface area contributed by atoms with Crippen LogP contribution in [-0.2, 0) is 16.2 Å². The molecule has 3 rings (SSSR count). The third-order valence-electron chi connectivity index (χ3n) is 3.59. The van der Waals surface area contributed by atoms with Gasteiger partial charge < -0.3 is 5.11 Å². The second-order valence-corrected chi connectivity index (χ2v) is 6.06. The van der Waals surface area contributed by atoms with Gasteiger partial charge in [-0.15, -0.1) is 0 Å². The van der Waals surface area contributed by atoms with E-state index in [1.807, 2.05) is 30.3 Å². The molecule has 0 saturated heterocycles. The number of hydrogen-bond donors (Lipinski definition) is 1. The van der Waals surface area contributed by atoms with Gasteiger partial charge in [0.25, 0.3) is 0 Å². The Balaban J connectivity index is 1.95. The Hall–Kier alpha value is -1.69. The lowest BCUT2D eigenvalue weighted by molar-refractivity contribution is -0.352. The summed E-state index contributed by atoms with van der Waals surface area (Å²) in [6, 6.07) is 14.9. The van der Waals surface area contributed by atoms with E-state index in [0.29, 0.717) is 22.2 Å². The molecule has 0 fully saturated rings. The first-order valence-corrected chi connectivity index (χ1v) is 8.05. The Bertz CT molecular complexity index is 850. The zero-order valence-electron chi connectivity index (χ0n) is 12.9. The van der Waals surface area contributed by atoms with Crippen molar-refractivity contribution in [2.75, 3.05) is 7.11 Å². The van der Waals surface area contributed by atoms with Crippen LogP contribution in [0.5, 0.6) is 0 Å². The van der Waals surface area contributed by atoms with E-state index in [0.717, 1.165) is 22.0 Å². The summed E-state index contributed by atoms with van der Waals surface area (Å²) in [6.07, 6.45) is -0.691. The van der Waals surface area contributed by atoms with Crippen LogP contribution in [0.2, 0.25) is 10.0 Å². The minimum absolute atomic E-state index is 0.321. The van der Waals surface area contributed by atoms with Crippen molar-refractivity contribution in [3.05, 3.63) is 64.1 Å². The van der Waals surface area contributed by atoms with E-state index < -0.39 is 6.29 Å². The minimum atomic E-state index is -1.01. The first-order valence-electron chi connectivity index (χ1n) is 7.30. The topological polar surface area (TPSA) is 51.6 Å². The first-order chi connectivity index (χ1) is 11.6. The molecule has 0 radical (unpaired) electrons. The van der Waals surface area contributed by atoms with E-state index in [-0.39, 0.29) is 0 Å². The summed E-state index contributed by atoms with van der Waals surface area (Å²) in [6.45, 7) is 0. The average molecular weight is 364 g/mol. The molecule has 6 heteroatoms. The highest BCUT2D eigenvalue weighted by Crippen LogP contribution is 2.34. The lowest BCUT2D eigenvalue weighted by Gasteiger charge is -2.10. The summed E-state index contributed by atoms with van der Waals surface area (Å²) in [5, 5.41) is 11.7. The van der Waals surface area contributed by atoms with E-state index in [1.54, 1.807) is 18.2 Å². The molecular formula is C18H15Cl2NO3. The maximum absolute atomic E-state index is 9.64. The number of aliphatic hydroxyl groups is 1. The molecule has 24 heavy (non-hydrogen) atoms. The van der Waals surface area contributed by atoms with Crippen molar-refractivity contribution in [1.82, 2.24) is 4.98 Å². The summed E-state index contributed by atoms with van der Waals surface area (Å²) in [4.78, 5) is 13.8. The van der Waals surface area contributed by atoms with Crippen LogP contribution < -0.4 is 0 Å². The Morgan fingerprint density at radius 2 is 1.83 bits per heavy atom. The number of aliphatic hydroxyl groups excluding tert-OH is 1. The molecule has 1 unspecified atom stereocenters. The smallest absolute Gasteiger partial charge is 0.192 e. The molecule has 0 spiro atoms. The van der Waals surface area contributed by atoms with Gasteiger partial charge in [0, 0.05) is 17.4 Å². The quantitative estimate of drug-likeness (QED) is 0.407. The van der Waals surface area contributed by atoms with Crippen LogP contribution in [0.4, 0.5) is 0 Å². The lowest BCUT2D eigenvalue weighted by atomic mass is 10.1. The molecule has 0 aliphatic carbocycles. The molecular weight excluding hydrogens is 349 g/mol. The van der Waals surface area contributed by atoms with Gasteiger partial charge in [-0.1, -0.05) is 41.4 Å². The third-order valence-corrected chi connectivity index (χ3v) is 4.22. The van der Waals surface area contributed by atoms with Crippen LogP contribution in [0.3, 0.4) is 0 Å². The van der Waals surface area contributed by atoms with Crippen LogP contribution in [0.15, 0.2) is 48.5 Å². The number of aromatic nitrogens is 1. The number of pyridine rings is 1. The van der Waals surface area contributed by atoms with Crippen LogP contribution in [-0.4, -0.2) is 23.5 Å². The summed E-state index contributed by atoms with van der Waals surface area (Å²) in [5.41, 5.74) is 3.16. The van der Waals surface area contributed by atoms with Crippen molar-refractivity contribution in [3.8, 4) is 11.3 Å². The first kappa shape index (κ1) is 17.1. The van der Waals surface area contributed by atoms with E-state index in [4.69, 9.17) is 23.2 Å². The van der Waals surface area contributed by atoms with Gasteiger partial charge in [0.1, 0.15) is 0 Å². The second kappa shape index (κ2) is 7.47. The highest BCUT2D eigenvalue weighted by molar-refractivity contribution is 6.39. The Kier molecular flexibility index (Phi) is 5.33. The fourth-order valence-corrected chi connectivity index (χ4v) is 3.12. The monoisotopic (exact) mass is 363 g/mol. The minimum Gasteiger partial charge on any atom is -0.365 e. The van der Waals surface area contributed by atoms with Gasteiger partial charge in [-0.25, -0.2) is 14.8 Å².